The Balaban J connectivity index is 1.20. The molecule has 0 saturated carbocycles. The fourth-order valence-corrected chi connectivity index (χ4v) is 5.31. The van der Waals surface area contributed by atoms with Gasteiger partial charge in [0.2, 0.25) is 4.96 Å². The molecular formula is C31H29N3O6S. The second-order valence-electron chi connectivity index (χ2n) is 9.48. The highest BCUT2D eigenvalue weighted by Crippen LogP contribution is 2.38. The third kappa shape index (κ3) is 5.26. The Morgan fingerprint density at radius 3 is 2.49 bits per heavy atom. The standard InChI is InChI=1S/C31H29N3O6S/c1-18-19(2)26(36-4)10-9-21(18)17-38-22-8-6-7-20(11-22)16-39-27-12-23(35-3)13-28-24(27)14-29(40-28)25-15-34-30(32-25)41-31(33-34)37-5/h6-15H,16-17H2,1-5H3. The van der Waals surface area contributed by atoms with Gasteiger partial charge in [-0.05, 0) is 71.7 Å². The lowest BCUT2D eigenvalue weighted by molar-refractivity contribution is 0.296. The Hall–Kier alpha value is -4.70. The van der Waals surface area contributed by atoms with Crippen LogP contribution in [0.2, 0.25) is 0 Å². The number of rotatable bonds is 10. The molecule has 0 aliphatic rings. The lowest BCUT2D eigenvalue weighted by Gasteiger charge is -2.14. The minimum absolute atomic E-state index is 0.338. The van der Waals surface area contributed by atoms with Crippen LogP contribution in [0.25, 0.3) is 27.4 Å². The molecular weight excluding hydrogens is 542 g/mol. The van der Waals surface area contributed by atoms with Crippen molar-refractivity contribution < 1.29 is 28.1 Å². The number of furan rings is 1. The van der Waals surface area contributed by atoms with Gasteiger partial charge in [0.25, 0.3) is 5.19 Å². The highest BCUT2D eigenvalue weighted by Gasteiger charge is 2.17. The van der Waals surface area contributed by atoms with Gasteiger partial charge in [-0.1, -0.05) is 18.2 Å². The van der Waals surface area contributed by atoms with Crippen LogP contribution in [0.1, 0.15) is 22.3 Å². The molecule has 0 atom stereocenters. The number of hydrogen-bond acceptors (Lipinski definition) is 9. The number of benzene rings is 3. The molecule has 0 N–H and O–H groups in total. The summed E-state index contributed by atoms with van der Waals surface area (Å²) in [5.41, 5.74) is 5.67. The number of aromatic nitrogens is 3. The zero-order valence-electron chi connectivity index (χ0n) is 23.4. The van der Waals surface area contributed by atoms with Crippen LogP contribution in [-0.4, -0.2) is 35.9 Å². The van der Waals surface area contributed by atoms with Crippen molar-refractivity contribution in [2.24, 2.45) is 0 Å². The van der Waals surface area contributed by atoms with E-state index in [2.05, 4.69) is 23.9 Å². The molecule has 0 aliphatic carbocycles. The van der Waals surface area contributed by atoms with Crippen LogP contribution in [0.15, 0.2) is 65.2 Å². The largest absolute Gasteiger partial charge is 0.496 e. The first-order valence-corrected chi connectivity index (χ1v) is 13.8. The lowest BCUT2D eigenvalue weighted by Crippen LogP contribution is -2.02. The SMILES string of the molecule is COc1cc(OCc2cccc(OCc3ccc(OC)c(C)c3C)c2)c2cc(-c3cn4nc(OC)sc4n3)oc2c1. The maximum Gasteiger partial charge on any atom is 0.294 e. The third-order valence-electron chi connectivity index (χ3n) is 7.02. The van der Waals surface area contributed by atoms with Gasteiger partial charge in [-0.3, -0.25) is 0 Å². The van der Waals surface area contributed by atoms with Crippen molar-refractivity contribution >= 4 is 27.3 Å². The molecule has 0 aliphatic heterocycles. The van der Waals surface area contributed by atoms with E-state index >= 15 is 0 Å². The van der Waals surface area contributed by atoms with Crippen LogP contribution < -0.4 is 23.7 Å². The van der Waals surface area contributed by atoms with Crippen molar-refractivity contribution in [2.45, 2.75) is 27.1 Å². The maximum atomic E-state index is 6.29. The average molecular weight is 572 g/mol. The second-order valence-corrected chi connectivity index (χ2v) is 10.4. The number of imidazole rings is 1. The smallest absolute Gasteiger partial charge is 0.294 e. The van der Waals surface area contributed by atoms with E-state index in [1.165, 1.54) is 11.3 Å². The monoisotopic (exact) mass is 571 g/mol. The molecule has 41 heavy (non-hydrogen) atoms. The van der Waals surface area contributed by atoms with Crippen LogP contribution in [-0.2, 0) is 13.2 Å². The van der Waals surface area contributed by atoms with Crippen molar-refractivity contribution in [1.29, 1.82) is 0 Å². The third-order valence-corrected chi connectivity index (χ3v) is 7.90. The first-order valence-electron chi connectivity index (χ1n) is 13.0. The van der Waals surface area contributed by atoms with E-state index in [1.54, 1.807) is 25.8 Å². The van der Waals surface area contributed by atoms with E-state index in [0.717, 1.165) is 39.1 Å². The predicted octanol–water partition coefficient (Wildman–Crippen LogP) is 7.00. The topological polar surface area (TPSA) is 89.5 Å². The van der Waals surface area contributed by atoms with Gasteiger partial charge in [-0.15, -0.1) is 5.10 Å². The zero-order chi connectivity index (χ0) is 28.5. The van der Waals surface area contributed by atoms with Crippen LogP contribution >= 0.6 is 11.3 Å². The van der Waals surface area contributed by atoms with Gasteiger partial charge in [0.05, 0.1) is 32.9 Å². The highest BCUT2D eigenvalue weighted by molar-refractivity contribution is 7.18. The van der Waals surface area contributed by atoms with Gasteiger partial charge < -0.3 is 28.1 Å². The molecule has 10 heteroatoms. The van der Waals surface area contributed by atoms with Gasteiger partial charge in [-0.25, -0.2) is 9.50 Å². The highest BCUT2D eigenvalue weighted by atomic mass is 32.1. The molecule has 0 fully saturated rings. The minimum atomic E-state index is 0.338. The Labute approximate surface area is 240 Å². The van der Waals surface area contributed by atoms with Crippen LogP contribution in [0, 0.1) is 13.8 Å². The Morgan fingerprint density at radius 1 is 0.829 bits per heavy atom. The predicted molar refractivity (Wildman–Crippen MR) is 157 cm³/mol. The summed E-state index contributed by atoms with van der Waals surface area (Å²) in [6.07, 6.45) is 1.81. The number of hydrogen-bond donors (Lipinski definition) is 0. The summed E-state index contributed by atoms with van der Waals surface area (Å²) in [5.74, 6) is 3.53. The normalized spacial score (nSPS) is 11.2. The Morgan fingerprint density at radius 2 is 1.71 bits per heavy atom. The molecule has 3 aromatic carbocycles. The lowest BCUT2D eigenvalue weighted by atomic mass is 10.0. The number of ether oxygens (including phenoxy) is 5. The van der Waals surface area contributed by atoms with E-state index in [-0.39, 0.29) is 0 Å². The average Bonchev–Trinajstić information content (AvgIpc) is 3.70. The fourth-order valence-electron chi connectivity index (χ4n) is 4.61. The molecule has 6 aromatic rings. The van der Waals surface area contributed by atoms with Gasteiger partial charge in [0, 0.05) is 12.1 Å². The fraction of sp³-hybridized carbons (Fsp3) is 0.226. The van der Waals surface area contributed by atoms with Crippen molar-refractivity contribution in [1.82, 2.24) is 14.6 Å². The molecule has 0 unspecified atom stereocenters. The van der Waals surface area contributed by atoms with Crippen molar-refractivity contribution in [3.63, 3.8) is 0 Å². The molecule has 0 amide bonds. The summed E-state index contributed by atoms with van der Waals surface area (Å²) >= 11 is 1.36. The van der Waals surface area contributed by atoms with E-state index < -0.39 is 0 Å². The minimum Gasteiger partial charge on any atom is -0.496 e. The summed E-state index contributed by atoms with van der Waals surface area (Å²) in [7, 11) is 4.88. The van der Waals surface area contributed by atoms with Gasteiger partial charge in [0.15, 0.2) is 5.76 Å². The molecule has 0 bridgehead atoms. The van der Waals surface area contributed by atoms with Gasteiger partial charge in [0.1, 0.15) is 47.5 Å². The van der Waals surface area contributed by atoms with E-state index in [1.807, 2.05) is 60.8 Å². The Bertz CT molecular complexity index is 1820. The molecule has 210 valence electrons. The van der Waals surface area contributed by atoms with Crippen molar-refractivity contribution in [2.75, 3.05) is 21.3 Å². The first kappa shape index (κ1) is 26.5. The Kier molecular flexibility index (Phi) is 7.15. The first-order chi connectivity index (χ1) is 19.9. The van der Waals surface area contributed by atoms with E-state index in [9.17, 15) is 0 Å². The quantitative estimate of drug-likeness (QED) is 0.174. The summed E-state index contributed by atoms with van der Waals surface area (Å²) < 4.78 is 36.4. The molecule has 9 nitrogen and oxygen atoms in total. The number of methoxy groups -OCH3 is 3. The van der Waals surface area contributed by atoms with Crippen molar-refractivity contribution in [3.8, 4) is 39.6 Å². The zero-order valence-corrected chi connectivity index (χ0v) is 24.2. The molecule has 0 saturated heterocycles. The summed E-state index contributed by atoms with van der Waals surface area (Å²) in [5, 5.41) is 5.71. The van der Waals surface area contributed by atoms with Crippen LogP contribution in [0.4, 0.5) is 0 Å². The van der Waals surface area contributed by atoms with Gasteiger partial charge in [-0.2, -0.15) is 0 Å². The molecule has 3 heterocycles. The molecule has 0 spiro atoms. The second kappa shape index (κ2) is 11.1. The summed E-state index contributed by atoms with van der Waals surface area (Å²) in [6.45, 7) is 4.94. The van der Waals surface area contributed by atoms with Crippen LogP contribution in [0.3, 0.4) is 0 Å². The number of nitrogens with zero attached hydrogens (tertiary/aromatic N) is 3. The summed E-state index contributed by atoms with van der Waals surface area (Å²) in [6, 6.07) is 17.5. The maximum absolute atomic E-state index is 6.29. The van der Waals surface area contributed by atoms with E-state index in [0.29, 0.717) is 51.9 Å². The molecule has 6 rings (SSSR count). The van der Waals surface area contributed by atoms with Crippen molar-refractivity contribution in [3.05, 3.63) is 83.0 Å². The van der Waals surface area contributed by atoms with E-state index in [4.69, 9.17) is 28.1 Å². The molecule has 0 radical (unpaired) electrons. The van der Waals surface area contributed by atoms with Crippen LogP contribution in [0.5, 0.6) is 28.2 Å². The molecule has 3 aromatic heterocycles. The van der Waals surface area contributed by atoms with Gasteiger partial charge >= 0.3 is 0 Å². The number of fused-ring (bicyclic) bond motifs is 2. The summed E-state index contributed by atoms with van der Waals surface area (Å²) in [4.78, 5) is 5.35.